The van der Waals surface area contributed by atoms with E-state index in [2.05, 4.69) is 10.3 Å². The lowest BCUT2D eigenvalue weighted by molar-refractivity contribution is 0.0949. The van der Waals surface area contributed by atoms with Crippen LogP contribution in [-0.2, 0) is 0 Å². The standard InChI is InChI=1S/C15H19N3O2S/c1-3-20-12-6-4-5-11(16)13(12)14(19)18-9-10(2)15-17-7-8-21-15/h4-8,10H,3,9,16H2,1-2H3,(H,18,19). The highest BCUT2D eigenvalue weighted by Crippen LogP contribution is 2.24. The number of rotatable bonds is 6. The number of amides is 1. The number of carbonyl (C=O) groups excluding carboxylic acids is 1. The fourth-order valence-corrected chi connectivity index (χ4v) is 2.66. The maximum atomic E-state index is 12.3. The average Bonchev–Trinajstić information content (AvgIpc) is 2.99. The number of benzene rings is 1. The zero-order chi connectivity index (χ0) is 15.2. The Hall–Kier alpha value is -2.08. The van der Waals surface area contributed by atoms with Crippen LogP contribution in [0.3, 0.4) is 0 Å². The summed E-state index contributed by atoms with van der Waals surface area (Å²) < 4.78 is 5.47. The number of hydrogen-bond donors (Lipinski definition) is 2. The van der Waals surface area contributed by atoms with Gasteiger partial charge in [0.1, 0.15) is 11.3 Å². The third-order valence-corrected chi connectivity index (χ3v) is 4.03. The Morgan fingerprint density at radius 1 is 1.52 bits per heavy atom. The zero-order valence-corrected chi connectivity index (χ0v) is 12.9. The van der Waals surface area contributed by atoms with E-state index in [0.717, 1.165) is 5.01 Å². The van der Waals surface area contributed by atoms with Crippen molar-refractivity contribution in [1.29, 1.82) is 0 Å². The summed E-state index contributed by atoms with van der Waals surface area (Å²) in [6.07, 6.45) is 1.76. The van der Waals surface area contributed by atoms with Gasteiger partial charge < -0.3 is 15.8 Å². The molecule has 2 aromatic rings. The number of anilines is 1. The molecule has 0 radical (unpaired) electrons. The molecule has 0 fully saturated rings. The van der Waals surface area contributed by atoms with Crippen LogP contribution in [-0.4, -0.2) is 24.0 Å². The summed E-state index contributed by atoms with van der Waals surface area (Å²) in [7, 11) is 0. The van der Waals surface area contributed by atoms with Crippen molar-refractivity contribution in [2.75, 3.05) is 18.9 Å². The van der Waals surface area contributed by atoms with Gasteiger partial charge >= 0.3 is 0 Å². The van der Waals surface area contributed by atoms with Gasteiger partial charge in [-0.3, -0.25) is 4.79 Å². The lowest BCUT2D eigenvalue weighted by Crippen LogP contribution is -2.28. The predicted molar refractivity (Wildman–Crippen MR) is 84.9 cm³/mol. The number of ether oxygens (including phenoxy) is 1. The number of nitrogens with zero attached hydrogens (tertiary/aromatic N) is 1. The molecule has 0 saturated heterocycles. The van der Waals surface area contributed by atoms with Gasteiger partial charge in [0.15, 0.2) is 0 Å². The van der Waals surface area contributed by atoms with E-state index in [1.54, 1.807) is 35.7 Å². The van der Waals surface area contributed by atoms with Gasteiger partial charge in [0, 0.05) is 29.7 Å². The number of thiazole rings is 1. The normalized spacial score (nSPS) is 11.9. The third-order valence-electron chi connectivity index (χ3n) is 3.03. The number of nitrogen functional groups attached to an aromatic ring is 1. The second-order valence-electron chi connectivity index (χ2n) is 4.63. The van der Waals surface area contributed by atoms with Crippen molar-refractivity contribution in [3.8, 4) is 5.75 Å². The molecule has 0 spiro atoms. The molecule has 0 aliphatic rings. The summed E-state index contributed by atoms with van der Waals surface area (Å²) >= 11 is 1.58. The number of aromatic nitrogens is 1. The minimum atomic E-state index is -0.222. The second kappa shape index (κ2) is 7.08. The van der Waals surface area contributed by atoms with Crippen LogP contribution in [0.4, 0.5) is 5.69 Å². The summed E-state index contributed by atoms with van der Waals surface area (Å²) in [5.41, 5.74) is 6.71. The largest absolute Gasteiger partial charge is 0.493 e. The molecule has 21 heavy (non-hydrogen) atoms. The molecular formula is C15H19N3O2S. The predicted octanol–water partition coefficient (Wildman–Crippen LogP) is 2.66. The van der Waals surface area contributed by atoms with Crippen LogP contribution in [0.2, 0.25) is 0 Å². The van der Waals surface area contributed by atoms with Crippen molar-refractivity contribution in [1.82, 2.24) is 10.3 Å². The minimum absolute atomic E-state index is 0.162. The second-order valence-corrected chi connectivity index (χ2v) is 5.56. The van der Waals surface area contributed by atoms with Gasteiger partial charge in [-0.15, -0.1) is 11.3 Å². The Balaban J connectivity index is 2.06. The van der Waals surface area contributed by atoms with Crippen molar-refractivity contribution >= 4 is 22.9 Å². The average molecular weight is 305 g/mol. The maximum Gasteiger partial charge on any atom is 0.257 e. The topological polar surface area (TPSA) is 77.2 Å². The van der Waals surface area contributed by atoms with Crippen LogP contribution in [0, 0.1) is 0 Å². The van der Waals surface area contributed by atoms with Crippen molar-refractivity contribution in [2.24, 2.45) is 0 Å². The van der Waals surface area contributed by atoms with Crippen LogP contribution in [0.25, 0.3) is 0 Å². The fourth-order valence-electron chi connectivity index (χ4n) is 1.97. The summed E-state index contributed by atoms with van der Waals surface area (Å²) in [4.78, 5) is 16.6. The summed E-state index contributed by atoms with van der Waals surface area (Å²) in [6.45, 7) is 4.89. The molecule has 1 amide bonds. The van der Waals surface area contributed by atoms with Gasteiger partial charge in [-0.1, -0.05) is 13.0 Å². The van der Waals surface area contributed by atoms with Crippen LogP contribution in [0.15, 0.2) is 29.8 Å². The van der Waals surface area contributed by atoms with Crippen molar-refractivity contribution in [3.05, 3.63) is 40.3 Å². The van der Waals surface area contributed by atoms with Crippen LogP contribution in [0.5, 0.6) is 5.75 Å². The van der Waals surface area contributed by atoms with E-state index in [9.17, 15) is 4.79 Å². The van der Waals surface area contributed by atoms with E-state index in [1.807, 2.05) is 19.2 Å². The molecule has 0 aliphatic carbocycles. The van der Waals surface area contributed by atoms with Gasteiger partial charge in [-0.25, -0.2) is 4.98 Å². The van der Waals surface area contributed by atoms with Crippen molar-refractivity contribution < 1.29 is 9.53 Å². The molecule has 1 atom stereocenters. The Morgan fingerprint density at radius 3 is 3.00 bits per heavy atom. The van der Waals surface area contributed by atoms with Crippen LogP contribution < -0.4 is 15.8 Å². The molecule has 6 heteroatoms. The van der Waals surface area contributed by atoms with E-state index in [-0.39, 0.29) is 11.8 Å². The summed E-state index contributed by atoms with van der Waals surface area (Å²) in [6, 6.07) is 5.22. The molecule has 0 aliphatic heterocycles. The minimum Gasteiger partial charge on any atom is -0.493 e. The Kier molecular flexibility index (Phi) is 5.16. The van der Waals surface area contributed by atoms with E-state index >= 15 is 0 Å². The first-order chi connectivity index (χ1) is 10.1. The molecule has 112 valence electrons. The van der Waals surface area contributed by atoms with Gasteiger partial charge in [0.25, 0.3) is 5.91 Å². The van der Waals surface area contributed by atoms with E-state index < -0.39 is 0 Å². The molecule has 2 rings (SSSR count). The number of carbonyl (C=O) groups is 1. The number of nitrogens with one attached hydrogen (secondary N) is 1. The van der Waals surface area contributed by atoms with Gasteiger partial charge in [-0.05, 0) is 19.1 Å². The summed E-state index contributed by atoms with van der Waals surface area (Å²) in [5, 5.41) is 5.82. The van der Waals surface area contributed by atoms with Gasteiger partial charge in [0.2, 0.25) is 0 Å². The van der Waals surface area contributed by atoms with E-state index in [4.69, 9.17) is 10.5 Å². The number of hydrogen-bond acceptors (Lipinski definition) is 5. The molecule has 0 saturated carbocycles. The van der Waals surface area contributed by atoms with E-state index in [0.29, 0.717) is 30.2 Å². The first kappa shape index (κ1) is 15.3. The molecule has 5 nitrogen and oxygen atoms in total. The smallest absolute Gasteiger partial charge is 0.257 e. The van der Waals surface area contributed by atoms with E-state index in [1.165, 1.54) is 0 Å². The third kappa shape index (κ3) is 3.72. The van der Waals surface area contributed by atoms with Gasteiger partial charge in [0.05, 0.1) is 11.6 Å². The van der Waals surface area contributed by atoms with Crippen LogP contribution >= 0.6 is 11.3 Å². The fraction of sp³-hybridized carbons (Fsp3) is 0.333. The lowest BCUT2D eigenvalue weighted by Gasteiger charge is -2.14. The van der Waals surface area contributed by atoms with Crippen molar-refractivity contribution in [3.63, 3.8) is 0 Å². The first-order valence-corrected chi connectivity index (χ1v) is 7.70. The van der Waals surface area contributed by atoms with Crippen LogP contribution in [0.1, 0.15) is 35.1 Å². The monoisotopic (exact) mass is 305 g/mol. The first-order valence-electron chi connectivity index (χ1n) is 6.82. The molecule has 1 aromatic heterocycles. The maximum absolute atomic E-state index is 12.3. The summed E-state index contributed by atoms with van der Waals surface area (Å²) in [5.74, 6) is 0.450. The molecule has 1 unspecified atom stereocenters. The highest BCUT2D eigenvalue weighted by Gasteiger charge is 2.17. The van der Waals surface area contributed by atoms with Gasteiger partial charge in [-0.2, -0.15) is 0 Å². The Labute approximate surface area is 128 Å². The Morgan fingerprint density at radius 2 is 2.33 bits per heavy atom. The molecule has 3 N–H and O–H groups in total. The lowest BCUT2D eigenvalue weighted by atomic mass is 10.1. The molecule has 1 aromatic carbocycles. The molecule has 1 heterocycles. The molecular weight excluding hydrogens is 286 g/mol. The quantitative estimate of drug-likeness (QED) is 0.804. The zero-order valence-electron chi connectivity index (χ0n) is 12.1. The highest BCUT2D eigenvalue weighted by molar-refractivity contribution is 7.09. The highest BCUT2D eigenvalue weighted by atomic mass is 32.1. The molecule has 0 bridgehead atoms. The number of nitrogens with two attached hydrogens (primary N) is 1. The Bertz CT molecular complexity index is 599. The SMILES string of the molecule is CCOc1cccc(N)c1C(=O)NCC(C)c1nccs1. The van der Waals surface area contributed by atoms with Crippen molar-refractivity contribution in [2.45, 2.75) is 19.8 Å².